The fourth-order valence-corrected chi connectivity index (χ4v) is 3.11. The Balaban J connectivity index is 1.80. The molecule has 0 unspecified atom stereocenters. The highest BCUT2D eigenvalue weighted by atomic mass is 32.2. The van der Waals surface area contributed by atoms with Crippen molar-refractivity contribution in [2.24, 2.45) is 0 Å². The van der Waals surface area contributed by atoms with Crippen molar-refractivity contribution in [2.45, 2.75) is 18.4 Å². The largest absolute Gasteiger partial charge is 0.467 e. The van der Waals surface area contributed by atoms with Gasteiger partial charge >= 0.3 is 5.97 Å². The van der Waals surface area contributed by atoms with Crippen molar-refractivity contribution in [3.8, 4) is 0 Å². The van der Waals surface area contributed by atoms with Crippen LogP contribution >= 0.6 is 0 Å². The highest BCUT2D eigenvalue weighted by Crippen LogP contribution is 2.14. The number of ether oxygens (including phenoxy) is 1. The van der Waals surface area contributed by atoms with E-state index in [0.717, 1.165) is 9.87 Å². The van der Waals surface area contributed by atoms with Gasteiger partial charge in [0.25, 0.3) is 5.91 Å². The van der Waals surface area contributed by atoms with Gasteiger partial charge in [0, 0.05) is 7.05 Å². The Kier molecular flexibility index (Phi) is 6.53. The van der Waals surface area contributed by atoms with Crippen molar-refractivity contribution in [3.05, 3.63) is 54.0 Å². The molecule has 0 aliphatic heterocycles. The van der Waals surface area contributed by atoms with Gasteiger partial charge in [-0.1, -0.05) is 17.7 Å². The van der Waals surface area contributed by atoms with Crippen LogP contribution in [0.5, 0.6) is 0 Å². The van der Waals surface area contributed by atoms with Crippen LogP contribution in [0.1, 0.15) is 11.3 Å². The molecule has 26 heavy (non-hydrogen) atoms. The predicted molar refractivity (Wildman–Crippen MR) is 92.5 cm³/mol. The monoisotopic (exact) mass is 380 g/mol. The Morgan fingerprint density at radius 1 is 1.19 bits per heavy atom. The fraction of sp³-hybridized carbons (Fsp3) is 0.294. The first kappa shape index (κ1) is 19.7. The first-order valence-electron chi connectivity index (χ1n) is 7.77. The first-order chi connectivity index (χ1) is 12.3. The summed E-state index contributed by atoms with van der Waals surface area (Å²) < 4.78 is 35.5. The predicted octanol–water partition coefficient (Wildman–Crippen LogP) is 1.07. The lowest BCUT2D eigenvalue weighted by molar-refractivity contribution is -0.148. The van der Waals surface area contributed by atoms with Crippen molar-refractivity contribution in [3.63, 3.8) is 0 Å². The van der Waals surface area contributed by atoms with E-state index in [-0.39, 0.29) is 11.4 Å². The number of rotatable bonds is 8. The van der Waals surface area contributed by atoms with E-state index in [4.69, 9.17) is 9.15 Å². The Bertz CT molecular complexity index is 844. The minimum Gasteiger partial charge on any atom is -0.467 e. The van der Waals surface area contributed by atoms with E-state index < -0.39 is 35.1 Å². The molecule has 1 aromatic heterocycles. The summed E-state index contributed by atoms with van der Waals surface area (Å²) in [6, 6.07) is 9.65. The van der Waals surface area contributed by atoms with E-state index in [1.165, 1.54) is 25.4 Å². The minimum atomic E-state index is -3.81. The van der Waals surface area contributed by atoms with Gasteiger partial charge in [-0.05, 0) is 31.2 Å². The first-order valence-corrected chi connectivity index (χ1v) is 9.21. The molecule has 140 valence electrons. The van der Waals surface area contributed by atoms with Crippen LogP contribution < -0.4 is 5.32 Å². The molecule has 0 bridgehead atoms. The third-order valence-corrected chi connectivity index (χ3v) is 5.30. The molecule has 1 heterocycles. The molecule has 0 radical (unpaired) electrons. The second-order valence-electron chi connectivity index (χ2n) is 5.59. The Morgan fingerprint density at radius 3 is 2.50 bits per heavy atom. The number of nitrogens with one attached hydrogen (secondary N) is 1. The zero-order chi connectivity index (χ0) is 19.2. The molecule has 1 amide bonds. The molecule has 1 aromatic carbocycles. The molecule has 0 saturated carbocycles. The summed E-state index contributed by atoms with van der Waals surface area (Å²) in [5.41, 5.74) is 0.923. The summed E-state index contributed by atoms with van der Waals surface area (Å²) >= 11 is 0. The SMILES string of the molecule is Cc1ccc(S(=O)(=O)N(C)CC(=O)OCC(=O)NCc2ccco2)cc1. The summed E-state index contributed by atoms with van der Waals surface area (Å²) in [4.78, 5) is 23.5. The molecule has 0 spiro atoms. The number of amides is 1. The van der Waals surface area contributed by atoms with Crippen LogP contribution in [0.4, 0.5) is 0 Å². The average Bonchev–Trinajstić information content (AvgIpc) is 3.12. The number of esters is 1. The molecular weight excluding hydrogens is 360 g/mol. The van der Waals surface area contributed by atoms with Gasteiger partial charge in [0.15, 0.2) is 6.61 Å². The maximum Gasteiger partial charge on any atom is 0.321 e. The highest BCUT2D eigenvalue weighted by Gasteiger charge is 2.23. The van der Waals surface area contributed by atoms with Crippen molar-refractivity contribution in [1.82, 2.24) is 9.62 Å². The smallest absolute Gasteiger partial charge is 0.321 e. The second-order valence-corrected chi connectivity index (χ2v) is 7.64. The normalized spacial score (nSPS) is 11.3. The van der Waals surface area contributed by atoms with E-state index in [1.54, 1.807) is 24.3 Å². The molecule has 2 rings (SSSR count). The van der Waals surface area contributed by atoms with Gasteiger partial charge in [-0.3, -0.25) is 9.59 Å². The second kappa shape index (κ2) is 8.63. The van der Waals surface area contributed by atoms with Gasteiger partial charge in [-0.25, -0.2) is 8.42 Å². The maximum atomic E-state index is 12.4. The minimum absolute atomic E-state index is 0.0783. The number of furan rings is 1. The van der Waals surface area contributed by atoms with Crippen LogP contribution in [0.2, 0.25) is 0 Å². The summed E-state index contributed by atoms with van der Waals surface area (Å²) in [5, 5.41) is 2.51. The number of hydrogen-bond donors (Lipinski definition) is 1. The molecule has 9 heteroatoms. The third-order valence-electron chi connectivity index (χ3n) is 3.49. The van der Waals surface area contributed by atoms with Gasteiger partial charge in [0.1, 0.15) is 12.3 Å². The molecule has 8 nitrogen and oxygen atoms in total. The standard InChI is InChI=1S/C17H20N2O6S/c1-13-5-7-15(8-6-13)26(22,23)19(2)11-17(21)25-12-16(20)18-10-14-4-3-9-24-14/h3-9H,10-12H2,1-2H3,(H,18,20). The molecule has 0 atom stereocenters. The van der Waals surface area contributed by atoms with E-state index in [1.807, 2.05) is 6.92 Å². The van der Waals surface area contributed by atoms with Crippen LogP contribution in [0, 0.1) is 6.92 Å². The molecule has 1 N–H and O–H groups in total. The van der Waals surface area contributed by atoms with E-state index in [9.17, 15) is 18.0 Å². The summed E-state index contributed by atoms with van der Waals surface area (Å²) in [6.07, 6.45) is 1.48. The molecule has 0 fully saturated rings. The zero-order valence-electron chi connectivity index (χ0n) is 14.5. The van der Waals surface area contributed by atoms with Gasteiger partial charge in [0.2, 0.25) is 10.0 Å². The van der Waals surface area contributed by atoms with Crippen molar-refractivity contribution in [2.75, 3.05) is 20.2 Å². The van der Waals surface area contributed by atoms with E-state index in [0.29, 0.717) is 5.76 Å². The average molecular weight is 380 g/mol. The molecule has 2 aromatic rings. The van der Waals surface area contributed by atoms with Crippen LogP contribution in [0.25, 0.3) is 0 Å². The lowest BCUT2D eigenvalue weighted by Gasteiger charge is -2.16. The fourth-order valence-electron chi connectivity index (χ4n) is 2.00. The Labute approximate surface area is 151 Å². The number of carbonyl (C=O) groups excluding carboxylic acids is 2. The number of sulfonamides is 1. The van der Waals surface area contributed by atoms with Crippen LogP contribution in [0.15, 0.2) is 52.0 Å². The van der Waals surface area contributed by atoms with Crippen LogP contribution in [-0.2, 0) is 30.9 Å². The highest BCUT2D eigenvalue weighted by molar-refractivity contribution is 7.89. The van der Waals surface area contributed by atoms with Crippen molar-refractivity contribution >= 4 is 21.9 Å². The van der Waals surface area contributed by atoms with Crippen molar-refractivity contribution < 1.29 is 27.2 Å². The number of carbonyl (C=O) groups is 2. The van der Waals surface area contributed by atoms with Gasteiger partial charge in [-0.15, -0.1) is 0 Å². The lowest BCUT2D eigenvalue weighted by atomic mass is 10.2. The van der Waals surface area contributed by atoms with Gasteiger partial charge in [-0.2, -0.15) is 4.31 Å². The zero-order valence-corrected chi connectivity index (χ0v) is 15.3. The lowest BCUT2D eigenvalue weighted by Crippen LogP contribution is -2.35. The summed E-state index contributed by atoms with van der Waals surface area (Å²) in [5.74, 6) is -0.774. The van der Waals surface area contributed by atoms with E-state index >= 15 is 0 Å². The molecule has 0 aliphatic rings. The van der Waals surface area contributed by atoms with E-state index in [2.05, 4.69) is 5.32 Å². The quantitative estimate of drug-likeness (QED) is 0.687. The number of hydrogen-bond acceptors (Lipinski definition) is 6. The van der Waals surface area contributed by atoms with Crippen LogP contribution in [-0.4, -0.2) is 44.8 Å². The Morgan fingerprint density at radius 2 is 1.88 bits per heavy atom. The van der Waals surface area contributed by atoms with Crippen molar-refractivity contribution in [1.29, 1.82) is 0 Å². The number of benzene rings is 1. The summed E-state index contributed by atoms with van der Waals surface area (Å²) in [6.45, 7) is 1.01. The third kappa shape index (κ3) is 5.43. The van der Waals surface area contributed by atoms with Crippen LogP contribution in [0.3, 0.4) is 0 Å². The number of nitrogens with zero attached hydrogens (tertiary/aromatic N) is 1. The Hall–Kier alpha value is -2.65. The van der Waals surface area contributed by atoms with Gasteiger partial charge < -0.3 is 14.5 Å². The van der Waals surface area contributed by atoms with Gasteiger partial charge in [0.05, 0.1) is 17.7 Å². The molecular formula is C17H20N2O6S. The molecule has 0 aliphatic carbocycles. The maximum absolute atomic E-state index is 12.4. The number of aryl methyl sites for hydroxylation is 1. The topological polar surface area (TPSA) is 106 Å². The number of likely N-dealkylation sites (N-methyl/N-ethyl adjacent to an activating group) is 1. The molecule has 0 saturated heterocycles. The summed E-state index contributed by atoms with van der Waals surface area (Å²) in [7, 11) is -2.54.